The molecular weight excluding hydrogens is 262 g/mol. The molecule has 3 N–H and O–H groups in total. The van der Waals surface area contributed by atoms with Gasteiger partial charge in [0.25, 0.3) is 0 Å². The maximum atomic E-state index is 13.2. The van der Waals surface area contributed by atoms with Gasteiger partial charge in [-0.2, -0.15) is 0 Å². The maximum Gasteiger partial charge on any atom is 0.126 e. The van der Waals surface area contributed by atoms with Gasteiger partial charge in [-0.3, -0.25) is 11.3 Å². The van der Waals surface area contributed by atoms with E-state index in [9.17, 15) is 8.78 Å². The predicted molar refractivity (Wildman–Crippen MR) is 72.8 cm³/mol. The summed E-state index contributed by atoms with van der Waals surface area (Å²) in [7, 11) is 0. The van der Waals surface area contributed by atoms with Crippen LogP contribution in [0.25, 0.3) is 0 Å². The zero-order valence-electron chi connectivity index (χ0n) is 11.3. The van der Waals surface area contributed by atoms with Crippen molar-refractivity contribution >= 4 is 0 Å². The Morgan fingerprint density at radius 3 is 2.55 bits per heavy atom. The molecule has 0 spiro atoms. The van der Waals surface area contributed by atoms with Crippen molar-refractivity contribution in [1.82, 2.24) is 15.0 Å². The molecule has 6 heteroatoms. The lowest BCUT2D eigenvalue weighted by Gasteiger charge is -2.16. The summed E-state index contributed by atoms with van der Waals surface area (Å²) in [6.45, 7) is 2.85. The van der Waals surface area contributed by atoms with Gasteiger partial charge >= 0.3 is 0 Å². The van der Waals surface area contributed by atoms with E-state index in [2.05, 4.69) is 10.4 Å². The van der Waals surface area contributed by atoms with Crippen molar-refractivity contribution in [3.63, 3.8) is 0 Å². The van der Waals surface area contributed by atoms with Gasteiger partial charge in [-0.1, -0.05) is 0 Å². The third-order valence-corrected chi connectivity index (χ3v) is 3.21. The SMILES string of the molecule is CCn1ccnc1CC(Cc1cc(F)cc(F)c1)NN. The van der Waals surface area contributed by atoms with Crippen molar-refractivity contribution in [2.75, 3.05) is 0 Å². The molecule has 0 aliphatic rings. The van der Waals surface area contributed by atoms with Crippen LogP contribution in [0.4, 0.5) is 8.78 Å². The number of rotatable bonds is 6. The number of imidazole rings is 1. The average Bonchev–Trinajstić information content (AvgIpc) is 2.84. The molecule has 0 saturated heterocycles. The summed E-state index contributed by atoms with van der Waals surface area (Å²) in [5.41, 5.74) is 3.25. The van der Waals surface area contributed by atoms with E-state index >= 15 is 0 Å². The molecule has 0 amide bonds. The average molecular weight is 280 g/mol. The molecule has 108 valence electrons. The van der Waals surface area contributed by atoms with Gasteiger partial charge in [0.05, 0.1) is 0 Å². The van der Waals surface area contributed by atoms with Crippen LogP contribution in [0, 0.1) is 11.6 Å². The Balaban J connectivity index is 2.09. The fourth-order valence-electron chi connectivity index (χ4n) is 2.24. The van der Waals surface area contributed by atoms with Crippen molar-refractivity contribution in [2.24, 2.45) is 5.84 Å². The number of nitrogens with zero attached hydrogens (tertiary/aromatic N) is 2. The first kappa shape index (κ1) is 14.6. The number of hydrazine groups is 1. The first-order chi connectivity index (χ1) is 9.62. The second-order valence-corrected chi connectivity index (χ2v) is 4.68. The summed E-state index contributed by atoms with van der Waals surface area (Å²) in [5, 5.41) is 0. The van der Waals surface area contributed by atoms with Crippen molar-refractivity contribution in [2.45, 2.75) is 32.4 Å². The van der Waals surface area contributed by atoms with Gasteiger partial charge in [-0.25, -0.2) is 13.8 Å². The molecule has 0 fully saturated rings. The molecule has 20 heavy (non-hydrogen) atoms. The zero-order valence-corrected chi connectivity index (χ0v) is 11.3. The molecular formula is C14H18F2N4. The normalized spacial score (nSPS) is 12.6. The first-order valence-electron chi connectivity index (χ1n) is 6.53. The van der Waals surface area contributed by atoms with Gasteiger partial charge < -0.3 is 4.57 Å². The summed E-state index contributed by atoms with van der Waals surface area (Å²) >= 11 is 0. The van der Waals surface area contributed by atoms with E-state index < -0.39 is 11.6 Å². The second kappa shape index (κ2) is 6.58. The molecule has 0 bridgehead atoms. The molecule has 0 aliphatic heterocycles. The predicted octanol–water partition coefficient (Wildman–Crippen LogP) is 1.80. The quantitative estimate of drug-likeness (QED) is 0.626. The Morgan fingerprint density at radius 2 is 1.95 bits per heavy atom. The third kappa shape index (κ3) is 3.61. The highest BCUT2D eigenvalue weighted by Crippen LogP contribution is 2.12. The van der Waals surface area contributed by atoms with Crippen LogP contribution < -0.4 is 11.3 Å². The van der Waals surface area contributed by atoms with Gasteiger partial charge in [-0.15, -0.1) is 0 Å². The highest BCUT2D eigenvalue weighted by Gasteiger charge is 2.13. The number of hydrogen-bond acceptors (Lipinski definition) is 3. The number of aromatic nitrogens is 2. The van der Waals surface area contributed by atoms with Gasteiger partial charge in [0.2, 0.25) is 0 Å². The van der Waals surface area contributed by atoms with Gasteiger partial charge in [0.15, 0.2) is 0 Å². The Kier molecular flexibility index (Phi) is 4.81. The molecule has 1 aromatic heterocycles. The Hall–Kier alpha value is -1.79. The van der Waals surface area contributed by atoms with E-state index in [1.54, 1.807) is 6.20 Å². The van der Waals surface area contributed by atoms with E-state index in [1.807, 2.05) is 17.7 Å². The van der Waals surface area contributed by atoms with Crippen molar-refractivity contribution in [3.8, 4) is 0 Å². The van der Waals surface area contributed by atoms with E-state index in [0.29, 0.717) is 18.4 Å². The number of halogens is 2. The Bertz CT molecular complexity index is 548. The standard InChI is InChI=1S/C14H18F2N4/c1-2-20-4-3-18-14(20)9-13(19-17)7-10-5-11(15)8-12(16)6-10/h3-6,8,13,19H,2,7,9,17H2,1H3. The lowest BCUT2D eigenvalue weighted by Crippen LogP contribution is -2.39. The molecule has 1 aromatic carbocycles. The van der Waals surface area contributed by atoms with Crippen molar-refractivity contribution in [3.05, 3.63) is 53.6 Å². The molecule has 4 nitrogen and oxygen atoms in total. The highest BCUT2D eigenvalue weighted by molar-refractivity contribution is 5.19. The number of benzene rings is 1. The summed E-state index contributed by atoms with van der Waals surface area (Å²) in [5.74, 6) is 5.27. The maximum absolute atomic E-state index is 13.2. The van der Waals surface area contributed by atoms with E-state index in [-0.39, 0.29) is 6.04 Å². The van der Waals surface area contributed by atoms with Crippen LogP contribution in [0.3, 0.4) is 0 Å². The molecule has 2 rings (SSSR count). The highest BCUT2D eigenvalue weighted by atomic mass is 19.1. The summed E-state index contributed by atoms with van der Waals surface area (Å²) in [4.78, 5) is 4.27. The second-order valence-electron chi connectivity index (χ2n) is 4.68. The van der Waals surface area contributed by atoms with E-state index in [0.717, 1.165) is 18.4 Å². The summed E-state index contributed by atoms with van der Waals surface area (Å²) < 4.78 is 28.4. The van der Waals surface area contributed by atoms with Gasteiger partial charge in [0, 0.05) is 37.5 Å². The number of aryl methyl sites for hydroxylation is 1. The van der Waals surface area contributed by atoms with E-state index in [4.69, 9.17) is 5.84 Å². The molecule has 1 unspecified atom stereocenters. The van der Waals surface area contributed by atoms with Gasteiger partial charge in [-0.05, 0) is 31.0 Å². The minimum Gasteiger partial charge on any atom is -0.335 e. The number of hydrogen-bond donors (Lipinski definition) is 2. The third-order valence-electron chi connectivity index (χ3n) is 3.21. The minimum atomic E-state index is -0.578. The van der Waals surface area contributed by atoms with Crippen molar-refractivity contribution < 1.29 is 8.78 Å². The first-order valence-corrected chi connectivity index (χ1v) is 6.53. The molecule has 0 radical (unpaired) electrons. The molecule has 0 saturated carbocycles. The smallest absolute Gasteiger partial charge is 0.126 e. The van der Waals surface area contributed by atoms with Crippen LogP contribution in [0.2, 0.25) is 0 Å². The van der Waals surface area contributed by atoms with Gasteiger partial charge in [0.1, 0.15) is 17.5 Å². The molecule has 1 atom stereocenters. The Morgan fingerprint density at radius 1 is 1.25 bits per heavy atom. The monoisotopic (exact) mass is 280 g/mol. The minimum absolute atomic E-state index is 0.135. The summed E-state index contributed by atoms with van der Waals surface area (Å²) in [6.07, 6.45) is 4.65. The fraction of sp³-hybridized carbons (Fsp3) is 0.357. The van der Waals surface area contributed by atoms with E-state index in [1.165, 1.54) is 12.1 Å². The fourth-order valence-corrected chi connectivity index (χ4v) is 2.24. The number of nitrogens with one attached hydrogen (secondary N) is 1. The number of nitrogens with two attached hydrogens (primary N) is 1. The van der Waals surface area contributed by atoms with Crippen molar-refractivity contribution in [1.29, 1.82) is 0 Å². The Labute approximate surface area is 116 Å². The lowest BCUT2D eigenvalue weighted by atomic mass is 10.0. The molecule has 1 heterocycles. The summed E-state index contributed by atoms with van der Waals surface area (Å²) in [6, 6.07) is 3.36. The topological polar surface area (TPSA) is 55.9 Å². The zero-order chi connectivity index (χ0) is 14.5. The van der Waals surface area contributed by atoms with Crippen LogP contribution in [-0.2, 0) is 19.4 Å². The van der Waals surface area contributed by atoms with Crippen LogP contribution in [-0.4, -0.2) is 15.6 Å². The van der Waals surface area contributed by atoms with Crippen LogP contribution in [0.1, 0.15) is 18.3 Å². The van der Waals surface area contributed by atoms with Crippen LogP contribution in [0.5, 0.6) is 0 Å². The lowest BCUT2D eigenvalue weighted by molar-refractivity contribution is 0.495. The molecule has 0 aliphatic carbocycles. The molecule has 2 aromatic rings. The largest absolute Gasteiger partial charge is 0.335 e. The van der Waals surface area contributed by atoms with Crippen LogP contribution in [0.15, 0.2) is 30.6 Å². The van der Waals surface area contributed by atoms with Crippen LogP contribution >= 0.6 is 0 Å².